The van der Waals surface area contributed by atoms with Gasteiger partial charge in [-0.05, 0) is 50.7 Å². The zero-order valence-corrected chi connectivity index (χ0v) is 11.1. The molecule has 18 heavy (non-hydrogen) atoms. The van der Waals surface area contributed by atoms with Crippen LogP contribution in [0.1, 0.15) is 12.0 Å². The fourth-order valence-corrected chi connectivity index (χ4v) is 2.64. The molecule has 1 atom stereocenters. The molecule has 100 valence electrons. The van der Waals surface area contributed by atoms with Gasteiger partial charge < -0.3 is 14.9 Å². The Hall–Kier alpha value is -1.13. The summed E-state index contributed by atoms with van der Waals surface area (Å²) in [5.41, 5.74) is 0.902. The van der Waals surface area contributed by atoms with Crippen molar-refractivity contribution in [1.29, 1.82) is 0 Å². The van der Waals surface area contributed by atoms with E-state index in [-0.39, 0.29) is 5.75 Å². The van der Waals surface area contributed by atoms with Crippen LogP contribution in [0.5, 0.6) is 5.75 Å². The van der Waals surface area contributed by atoms with Crippen molar-refractivity contribution in [2.24, 2.45) is 5.92 Å². The van der Waals surface area contributed by atoms with Crippen molar-refractivity contribution in [1.82, 2.24) is 9.80 Å². The van der Waals surface area contributed by atoms with E-state index in [2.05, 4.69) is 23.9 Å². The second kappa shape index (κ2) is 5.67. The summed E-state index contributed by atoms with van der Waals surface area (Å²) in [6, 6.07) is 4.60. The third kappa shape index (κ3) is 3.43. The monoisotopic (exact) mass is 252 g/mol. The number of hydrogen-bond acceptors (Lipinski definition) is 3. The van der Waals surface area contributed by atoms with Crippen LogP contribution in [0.25, 0.3) is 0 Å². The summed E-state index contributed by atoms with van der Waals surface area (Å²) in [6.07, 6.45) is 1.24. The lowest BCUT2D eigenvalue weighted by molar-refractivity contribution is 0.267. The maximum Gasteiger partial charge on any atom is 0.165 e. The van der Waals surface area contributed by atoms with Crippen LogP contribution in [-0.4, -0.2) is 48.6 Å². The molecule has 0 amide bonds. The Morgan fingerprint density at radius 2 is 2.28 bits per heavy atom. The molecular weight excluding hydrogens is 231 g/mol. The predicted octanol–water partition coefficient (Wildman–Crippen LogP) is 1.91. The van der Waals surface area contributed by atoms with Gasteiger partial charge in [0.1, 0.15) is 0 Å². The van der Waals surface area contributed by atoms with Crippen molar-refractivity contribution in [3.8, 4) is 5.75 Å². The summed E-state index contributed by atoms with van der Waals surface area (Å²) in [7, 11) is 4.21. The first-order valence-electron chi connectivity index (χ1n) is 6.39. The number of benzene rings is 1. The van der Waals surface area contributed by atoms with E-state index < -0.39 is 5.82 Å². The first kappa shape index (κ1) is 13.3. The van der Waals surface area contributed by atoms with Gasteiger partial charge >= 0.3 is 0 Å². The van der Waals surface area contributed by atoms with E-state index in [9.17, 15) is 4.39 Å². The van der Waals surface area contributed by atoms with Crippen LogP contribution in [0, 0.1) is 11.7 Å². The fourth-order valence-electron chi connectivity index (χ4n) is 2.64. The molecule has 1 unspecified atom stereocenters. The number of hydrogen-bond donors (Lipinski definition) is 1. The highest BCUT2D eigenvalue weighted by Crippen LogP contribution is 2.19. The normalized spacial score (nSPS) is 20.8. The number of phenols is 1. The molecule has 4 heteroatoms. The van der Waals surface area contributed by atoms with Gasteiger partial charge in [-0.3, -0.25) is 0 Å². The smallest absolute Gasteiger partial charge is 0.165 e. The molecule has 1 aliphatic heterocycles. The molecule has 1 aromatic carbocycles. The Bertz CT molecular complexity index is 411. The molecule has 1 aliphatic rings. The Balaban J connectivity index is 1.86. The van der Waals surface area contributed by atoms with E-state index in [1.807, 2.05) is 0 Å². The summed E-state index contributed by atoms with van der Waals surface area (Å²) in [6.45, 7) is 4.07. The van der Waals surface area contributed by atoms with Gasteiger partial charge in [0.2, 0.25) is 0 Å². The Morgan fingerprint density at radius 3 is 2.89 bits per heavy atom. The van der Waals surface area contributed by atoms with E-state index >= 15 is 0 Å². The maximum atomic E-state index is 13.2. The van der Waals surface area contributed by atoms with Crippen LogP contribution in [0.15, 0.2) is 18.2 Å². The zero-order chi connectivity index (χ0) is 13.1. The van der Waals surface area contributed by atoms with Gasteiger partial charge in [-0.2, -0.15) is 0 Å². The summed E-state index contributed by atoms with van der Waals surface area (Å²) >= 11 is 0. The van der Waals surface area contributed by atoms with Crippen molar-refractivity contribution in [2.75, 3.05) is 33.7 Å². The number of likely N-dealkylation sites (tertiary alicyclic amines) is 1. The number of phenolic OH excluding ortho intramolecular Hbond substituents is 1. The lowest BCUT2D eigenvalue weighted by atomic mass is 10.1. The molecular formula is C14H21FN2O. The van der Waals surface area contributed by atoms with Gasteiger partial charge in [0, 0.05) is 19.6 Å². The quantitative estimate of drug-likeness (QED) is 0.887. The summed E-state index contributed by atoms with van der Waals surface area (Å²) < 4.78 is 13.2. The minimum Gasteiger partial charge on any atom is -0.505 e. The minimum absolute atomic E-state index is 0.279. The van der Waals surface area contributed by atoms with Gasteiger partial charge in [-0.25, -0.2) is 4.39 Å². The van der Waals surface area contributed by atoms with Crippen LogP contribution in [0.4, 0.5) is 4.39 Å². The molecule has 1 fully saturated rings. The fraction of sp³-hybridized carbons (Fsp3) is 0.571. The number of halogens is 1. The maximum absolute atomic E-state index is 13.2. The van der Waals surface area contributed by atoms with Crippen molar-refractivity contribution in [3.05, 3.63) is 29.6 Å². The van der Waals surface area contributed by atoms with Crippen molar-refractivity contribution < 1.29 is 9.50 Å². The van der Waals surface area contributed by atoms with Crippen LogP contribution in [0.3, 0.4) is 0 Å². The lowest BCUT2D eigenvalue weighted by Crippen LogP contribution is -2.27. The molecule has 0 aliphatic carbocycles. The highest BCUT2D eigenvalue weighted by molar-refractivity contribution is 5.27. The SMILES string of the molecule is CN1CCC(CN(C)Cc2ccc(O)c(F)c2)C1. The van der Waals surface area contributed by atoms with Crippen molar-refractivity contribution in [3.63, 3.8) is 0 Å². The van der Waals surface area contributed by atoms with Gasteiger partial charge in [-0.15, -0.1) is 0 Å². The van der Waals surface area contributed by atoms with Crippen LogP contribution in [-0.2, 0) is 6.54 Å². The molecule has 3 nitrogen and oxygen atoms in total. The highest BCUT2D eigenvalue weighted by atomic mass is 19.1. The topological polar surface area (TPSA) is 26.7 Å². The lowest BCUT2D eigenvalue weighted by Gasteiger charge is -2.21. The van der Waals surface area contributed by atoms with Crippen LogP contribution >= 0.6 is 0 Å². The van der Waals surface area contributed by atoms with E-state index in [0.29, 0.717) is 5.92 Å². The van der Waals surface area contributed by atoms with Gasteiger partial charge in [-0.1, -0.05) is 6.07 Å². The first-order chi connectivity index (χ1) is 8.54. The Kier molecular flexibility index (Phi) is 4.19. The molecule has 0 bridgehead atoms. The average molecular weight is 252 g/mol. The Labute approximate surface area is 108 Å². The molecule has 1 aromatic rings. The third-order valence-electron chi connectivity index (χ3n) is 3.52. The summed E-state index contributed by atoms with van der Waals surface area (Å²) in [5.74, 6) is -0.109. The average Bonchev–Trinajstić information content (AvgIpc) is 2.69. The van der Waals surface area contributed by atoms with E-state index in [1.165, 1.54) is 25.1 Å². The van der Waals surface area contributed by atoms with Crippen LogP contribution < -0.4 is 0 Å². The second-order valence-corrected chi connectivity index (χ2v) is 5.40. The second-order valence-electron chi connectivity index (χ2n) is 5.40. The Morgan fingerprint density at radius 1 is 1.50 bits per heavy atom. The van der Waals surface area contributed by atoms with Gasteiger partial charge in [0.15, 0.2) is 11.6 Å². The molecule has 1 saturated heterocycles. The molecule has 0 radical (unpaired) electrons. The number of rotatable bonds is 4. The van der Waals surface area contributed by atoms with Crippen LogP contribution in [0.2, 0.25) is 0 Å². The predicted molar refractivity (Wildman–Crippen MR) is 70.0 cm³/mol. The molecule has 0 saturated carbocycles. The summed E-state index contributed by atoms with van der Waals surface area (Å²) in [4.78, 5) is 4.56. The largest absolute Gasteiger partial charge is 0.505 e. The van der Waals surface area contributed by atoms with Gasteiger partial charge in [0.05, 0.1) is 0 Å². The number of nitrogens with zero attached hydrogens (tertiary/aromatic N) is 2. The van der Waals surface area contributed by atoms with Gasteiger partial charge in [0.25, 0.3) is 0 Å². The van der Waals surface area contributed by atoms with E-state index in [4.69, 9.17) is 5.11 Å². The molecule has 2 rings (SSSR count). The van der Waals surface area contributed by atoms with E-state index in [0.717, 1.165) is 25.2 Å². The highest BCUT2D eigenvalue weighted by Gasteiger charge is 2.20. The first-order valence-corrected chi connectivity index (χ1v) is 6.39. The van der Waals surface area contributed by atoms with E-state index in [1.54, 1.807) is 6.07 Å². The van der Waals surface area contributed by atoms with Crippen molar-refractivity contribution >= 4 is 0 Å². The van der Waals surface area contributed by atoms with Crippen molar-refractivity contribution in [2.45, 2.75) is 13.0 Å². The standard InChI is InChI=1S/C14H21FN2O/c1-16-6-5-12(9-16)10-17(2)8-11-3-4-14(18)13(15)7-11/h3-4,7,12,18H,5-6,8-10H2,1-2H3. The summed E-state index contributed by atoms with van der Waals surface area (Å²) in [5, 5.41) is 9.14. The molecule has 1 N–H and O–H groups in total. The zero-order valence-electron chi connectivity index (χ0n) is 11.1. The molecule has 0 aromatic heterocycles. The third-order valence-corrected chi connectivity index (χ3v) is 3.52. The molecule has 0 spiro atoms. The number of aromatic hydroxyl groups is 1. The minimum atomic E-state index is -0.540. The molecule has 1 heterocycles.